The summed E-state index contributed by atoms with van der Waals surface area (Å²) in [5.74, 6) is -6.32. The summed E-state index contributed by atoms with van der Waals surface area (Å²) in [4.78, 5) is 102. The SMILES string of the molecule is COC(=O)[C@@]1(n2cc(-c3ccc(O)cc3)nn2)C[C@H](OC(C)=O)[C@@H](NC(=O)COC(C)=O)[C@H]([C@H](OC(C)=O)[C@@H](CNC(=O)Cc2ccc(-c3ccc(OC(C)=O)cc3)cc2)OC(C)=O)O1. The van der Waals surface area contributed by atoms with Crippen LogP contribution in [0.1, 0.15) is 46.6 Å². The highest BCUT2D eigenvalue weighted by atomic mass is 16.6. The summed E-state index contributed by atoms with van der Waals surface area (Å²) in [6.07, 6.45) is -6.30. The van der Waals surface area contributed by atoms with Crippen molar-refractivity contribution < 1.29 is 76.6 Å². The third-order valence-electron chi connectivity index (χ3n) is 9.72. The maximum Gasteiger partial charge on any atom is 0.361 e. The van der Waals surface area contributed by atoms with Crippen molar-refractivity contribution in [2.24, 2.45) is 0 Å². The van der Waals surface area contributed by atoms with Crippen LogP contribution < -0.4 is 15.4 Å². The van der Waals surface area contributed by atoms with Gasteiger partial charge in [-0.25, -0.2) is 9.48 Å². The average molecular weight is 902 g/mol. The van der Waals surface area contributed by atoms with Gasteiger partial charge < -0.3 is 48.9 Å². The number of rotatable bonds is 17. The molecule has 5 rings (SSSR count). The Labute approximate surface area is 371 Å². The molecule has 0 spiro atoms. The fraction of sp³-hybridized carbons (Fsp3) is 0.364. The van der Waals surface area contributed by atoms with Gasteiger partial charge in [-0.3, -0.25) is 33.6 Å². The van der Waals surface area contributed by atoms with E-state index in [4.69, 9.17) is 33.2 Å². The van der Waals surface area contributed by atoms with E-state index in [9.17, 15) is 43.5 Å². The second-order valence-corrected chi connectivity index (χ2v) is 14.7. The first-order valence-corrected chi connectivity index (χ1v) is 19.9. The molecular formula is C44H47N5O16. The van der Waals surface area contributed by atoms with Crippen LogP contribution in [0.15, 0.2) is 79.0 Å². The molecule has 3 N–H and O–H groups in total. The minimum Gasteiger partial charge on any atom is -0.508 e. The zero-order valence-electron chi connectivity index (χ0n) is 36.1. The molecule has 2 heterocycles. The Morgan fingerprint density at radius 1 is 0.785 bits per heavy atom. The van der Waals surface area contributed by atoms with E-state index in [1.54, 1.807) is 48.5 Å². The molecule has 1 aliphatic rings. The number of esters is 6. The number of ether oxygens (including phenoxy) is 7. The Bertz CT molecular complexity index is 2380. The largest absolute Gasteiger partial charge is 0.508 e. The molecule has 0 radical (unpaired) electrons. The maximum absolute atomic E-state index is 14.1. The van der Waals surface area contributed by atoms with Gasteiger partial charge in [0.1, 0.15) is 29.4 Å². The molecule has 2 amide bonds. The maximum atomic E-state index is 14.1. The summed E-state index contributed by atoms with van der Waals surface area (Å²) in [5, 5.41) is 23.4. The number of aromatic nitrogens is 3. The lowest BCUT2D eigenvalue weighted by Gasteiger charge is -2.48. The topological polar surface area (TPSA) is 276 Å². The standard InChI is InChI=1S/C44H47N5O16/c1-24(50)60-23-39(57)46-40-36(62-26(3)52)20-44(43(58)59-6,49-22-35(47-48-49)32-11-15-33(55)16-12-32)65-42(40)41(64-28(5)54)37(63-27(4)53)21-45-38(56)19-29-7-9-30(10-8-29)31-13-17-34(18-14-31)61-25(2)51/h7-18,22,36-37,40-42,55H,19-21,23H2,1-6H3,(H,45,56)(H,46,57)/t36-,37+,40+,41+,42+,44+/m0/s1. The van der Waals surface area contributed by atoms with E-state index in [0.29, 0.717) is 16.9 Å². The van der Waals surface area contributed by atoms with Gasteiger partial charge in [-0.05, 0) is 53.1 Å². The average Bonchev–Trinajstić information content (AvgIpc) is 3.75. The van der Waals surface area contributed by atoms with Crippen LogP contribution in [-0.4, -0.2) is 118 Å². The second kappa shape index (κ2) is 21.6. The van der Waals surface area contributed by atoms with Crippen molar-refractivity contribution in [2.45, 2.75) is 83.6 Å². The van der Waals surface area contributed by atoms with Crippen molar-refractivity contribution in [3.8, 4) is 33.9 Å². The van der Waals surface area contributed by atoms with Gasteiger partial charge in [-0.2, -0.15) is 0 Å². The van der Waals surface area contributed by atoms with E-state index >= 15 is 0 Å². The summed E-state index contributed by atoms with van der Waals surface area (Å²) in [6, 6.07) is 18.1. The van der Waals surface area contributed by atoms with Crippen molar-refractivity contribution in [3.63, 3.8) is 0 Å². The lowest BCUT2D eigenvalue weighted by molar-refractivity contribution is -0.265. The predicted molar refractivity (Wildman–Crippen MR) is 222 cm³/mol. The number of phenolic OH excluding ortho intramolecular Hbond substituents is 1. The monoisotopic (exact) mass is 901 g/mol. The van der Waals surface area contributed by atoms with Crippen molar-refractivity contribution in [1.29, 1.82) is 0 Å². The highest BCUT2D eigenvalue weighted by molar-refractivity contribution is 5.81. The molecule has 21 nitrogen and oxygen atoms in total. The number of carbonyl (C=O) groups excluding carboxylic acids is 8. The first-order valence-electron chi connectivity index (χ1n) is 19.9. The summed E-state index contributed by atoms with van der Waals surface area (Å²) in [7, 11) is 1.03. The molecule has 21 heteroatoms. The molecule has 1 fully saturated rings. The zero-order chi connectivity index (χ0) is 47.4. The smallest absolute Gasteiger partial charge is 0.361 e. The molecule has 0 unspecified atom stereocenters. The summed E-state index contributed by atoms with van der Waals surface area (Å²) >= 11 is 0. The van der Waals surface area contributed by atoms with E-state index in [-0.39, 0.29) is 17.9 Å². The lowest BCUT2D eigenvalue weighted by atomic mass is 9.86. The summed E-state index contributed by atoms with van der Waals surface area (Å²) in [5.41, 5.74) is 0.411. The van der Waals surface area contributed by atoms with Crippen LogP contribution in [0.4, 0.5) is 0 Å². The minimum atomic E-state index is -2.42. The summed E-state index contributed by atoms with van der Waals surface area (Å²) < 4.78 is 39.8. The molecule has 65 heavy (non-hydrogen) atoms. The predicted octanol–water partition coefficient (Wildman–Crippen LogP) is 2.06. The summed E-state index contributed by atoms with van der Waals surface area (Å²) in [6.45, 7) is 4.13. The van der Waals surface area contributed by atoms with Crippen LogP contribution in [0.5, 0.6) is 11.5 Å². The molecule has 1 aromatic heterocycles. The number of amides is 2. The van der Waals surface area contributed by atoms with Crippen LogP contribution in [0, 0.1) is 0 Å². The number of aromatic hydroxyl groups is 1. The molecule has 1 aliphatic heterocycles. The van der Waals surface area contributed by atoms with Crippen molar-refractivity contribution in [3.05, 3.63) is 84.6 Å². The van der Waals surface area contributed by atoms with Crippen LogP contribution >= 0.6 is 0 Å². The first kappa shape index (κ1) is 48.4. The Morgan fingerprint density at radius 2 is 1.40 bits per heavy atom. The zero-order valence-corrected chi connectivity index (χ0v) is 36.1. The normalized spacial score (nSPS) is 18.7. The molecular weight excluding hydrogens is 855 g/mol. The molecule has 0 bridgehead atoms. The molecule has 0 saturated carbocycles. The third kappa shape index (κ3) is 12.9. The number of hydrogen-bond acceptors (Lipinski definition) is 18. The molecule has 4 aromatic rings. The molecule has 1 saturated heterocycles. The van der Waals surface area contributed by atoms with Gasteiger partial charge in [0.15, 0.2) is 18.8 Å². The van der Waals surface area contributed by atoms with Crippen molar-refractivity contribution in [2.75, 3.05) is 20.3 Å². The fourth-order valence-electron chi connectivity index (χ4n) is 7.01. The number of benzene rings is 3. The number of nitrogens with one attached hydrogen (secondary N) is 2. The Morgan fingerprint density at radius 3 is 1.97 bits per heavy atom. The van der Waals surface area contributed by atoms with E-state index in [1.165, 1.54) is 37.4 Å². The van der Waals surface area contributed by atoms with Gasteiger partial charge >= 0.3 is 35.8 Å². The van der Waals surface area contributed by atoms with Gasteiger partial charge in [-0.1, -0.05) is 41.6 Å². The number of methoxy groups -OCH3 is 1. The van der Waals surface area contributed by atoms with Crippen LogP contribution in [0.25, 0.3) is 22.4 Å². The lowest BCUT2D eigenvalue weighted by Crippen LogP contribution is -2.69. The Hall–Kier alpha value is -7.68. The van der Waals surface area contributed by atoms with Crippen LogP contribution in [0.2, 0.25) is 0 Å². The van der Waals surface area contributed by atoms with Crippen molar-refractivity contribution >= 4 is 47.6 Å². The molecule has 344 valence electrons. The molecule has 3 aromatic carbocycles. The van der Waals surface area contributed by atoms with E-state index in [1.807, 2.05) is 0 Å². The van der Waals surface area contributed by atoms with Gasteiger partial charge in [0, 0.05) is 46.6 Å². The third-order valence-corrected chi connectivity index (χ3v) is 9.72. The van der Waals surface area contributed by atoms with Crippen LogP contribution in [0.3, 0.4) is 0 Å². The van der Waals surface area contributed by atoms with Gasteiger partial charge in [0.2, 0.25) is 5.91 Å². The number of nitrogens with zero attached hydrogens (tertiary/aromatic N) is 3. The highest BCUT2D eigenvalue weighted by Gasteiger charge is 2.60. The Kier molecular flexibility index (Phi) is 16.1. The first-order chi connectivity index (χ1) is 30.9. The Balaban J connectivity index is 1.51. The van der Waals surface area contributed by atoms with Crippen LogP contribution in [-0.2, 0) is 78.9 Å². The van der Waals surface area contributed by atoms with E-state index < -0.39 is 103 Å². The minimum absolute atomic E-state index is 0.0387. The fourth-order valence-corrected chi connectivity index (χ4v) is 7.01. The molecule has 0 aliphatic carbocycles. The quantitative estimate of drug-likeness (QED) is 0.0777. The second-order valence-electron chi connectivity index (χ2n) is 14.7. The number of carbonyl (C=O) groups is 8. The van der Waals surface area contributed by atoms with E-state index in [2.05, 4.69) is 20.9 Å². The number of phenols is 1. The molecule has 6 atom stereocenters. The van der Waals surface area contributed by atoms with E-state index in [0.717, 1.165) is 50.6 Å². The van der Waals surface area contributed by atoms with Gasteiger partial charge in [0.05, 0.1) is 32.3 Å². The number of hydrogen-bond donors (Lipinski definition) is 3. The van der Waals surface area contributed by atoms with Crippen molar-refractivity contribution in [1.82, 2.24) is 25.6 Å². The van der Waals surface area contributed by atoms with Gasteiger partial charge in [-0.15, -0.1) is 5.10 Å². The highest BCUT2D eigenvalue weighted by Crippen LogP contribution is 2.39. The van der Waals surface area contributed by atoms with Gasteiger partial charge in [0.25, 0.3) is 11.6 Å².